The third kappa shape index (κ3) is 3.73. The number of aliphatic hydroxyl groups is 1. The summed E-state index contributed by atoms with van der Waals surface area (Å²) in [5.41, 5.74) is 1.66. The number of carbonyl (C=O) groups excluding carboxylic acids is 1. The zero-order valence-corrected chi connectivity index (χ0v) is 19.7. The topological polar surface area (TPSA) is 95.9 Å². The van der Waals surface area contributed by atoms with Gasteiger partial charge < -0.3 is 19.8 Å². The van der Waals surface area contributed by atoms with Crippen LogP contribution < -0.4 is 9.30 Å². The summed E-state index contributed by atoms with van der Waals surface area (Å²) in [6.45, 7) is 4.23. The van der Waals surface area contributed by atoms with Crippen molar-refractivity contribution in [1.82, 2.24) is 9.47 Å². The van der Waals surface area contributed by atoms with Gasteiger partial charge >= 0.3 is 5.97 Å². The van der Waals surface area contributed by atoms with Crippen molar-refractivity contribution in [3.8, 4) is 5.75 Å². The first kappa shape index (κ1) is 21.8. The molecule has 4 atom stereocenters. The SMILES string of the molecule is CC(O)C1C(=O)N2C(C(=O)O)=C(COc3cccc(Cn4cc[n+](C)c4)c3I)[C@H](C)C12. The number of rotatable bonds is 7. The van der Waals surface area contributed by atoms with Gasteiger partial charge in [-0.25, -0.2) is 13.9 Å². The van der Waals surface area contributed by atoms with Crippen molar-refractivity contribution >= 4 is 34.5 Å². The maximum atomic E-state index is 12.5. The fourth-order valence-electron chi connectivity index (χ4n) is 4.57. The van der Waals surface area contributed by atoms with Crippen LogP contribution in [0.2, 0.25) is 0 Å². The minimum Gasteiger partial charge on any atom is -0.488 e. The van der Waals surface area contributed by atoms with Gasteiger partial charge in [0.1, 0.15) is 37.0 Å². The normalized spacial score (nSPS) is 23.6. The van der Waals surface area contributed by atoms with Gasteiger partial charge in [0, 0.05) is 17.1 Å². The number of fused-ring (bicyclic) bond motifs is 1. The molecular weight excluding hydrogens is 513 g/mol. The number of aromatic nitrogens is 2. The summed E-state index contributed by atoms with van der Waals surface area (Å²) in [5.74, 6) is -1.59. The summed E-state index contributed by atoms with van der Waals surface area (Å²) in [6, 6.07) is 5.48. The quantitative estimate of drug-likeness (QED) is 0.317. The highest BCUT2D eigenvalue weighted by atomic mass is 127. The van der Waals surface area contributed by atoms with Gasteiger partial charge in [0.15, 0.2) is 0 Å². The average Bonchev–Trinajstić information content (AvgIpc) is 3.21. The maximum Gasteiger partial charge on any atom is 0.352 e. The van der Waals surface area contributed by atoms with Crippen LogP contribution in [0, 0.1) is 15.4 Å². The molecule has 2 N–H and O–H groups in total. The number of hydrogen-bond donors (Lipinski definition) is 2. The van der Waals surface area contributed by atoms with Crippen LogP contribution >= 0.6 is 22.6 Å². The Balaban J connectivity index is 1.55. The maximum absolute atomic E-state index is 12.5. The lowest BCUT2D eigenvalue weighted by atomic mass is 9.78. The number of carbonyl (C=O) groups is 2. The molecule has 0 radical (unpaired) electrons. The Hall–Kier alpha value is -2.40. The van der Waals surface area contributed by atoms with E-state index in [2.05, 4.69) is 27.2 Å². The third-order valence-corrected chi connectivity index (χ3v) is 7.35. The van der Waals surface area contributed by atoms with Crippen molar-refractivity contribution in [2.75, 3.05) is 6.61 Å². The summed E-state index contributed by atoms with van der Waals surface area (Å²) in [5, 5.41) is 19.7. The fraction of sp³-hybridized carbons (Fsp3) is 0.409. The highest BCUT2D eigenvalue weighted by molar-refractivity contribution is 14.1. The zero-order valence-electron chi connectivity index (χ0n) is 17.5. The van der Waals surface area contributed by atoms with Crippen LogP contribution in [0.3, 0.4) is 0 Å². The summed E-state index contributed by atoms with van der Waals surface area (Å²) in [7, 11) is 1.97. The predicted octanol–water partition coefficient (Wildman–Crippen LogP) is 1.54. The number of aliphatic carboxylic acids is 1. The van der Waals surface area contributed by atoms with E-state index in [-0.39, 0.29) is 30.2 Å². The van der Waals surface area contributed by atoms with Crippen LogP contribution in [0.5, 0.6) is 5.75 Å². The number of carboxylic acids is 1. The molecule has 1 fully saturated rings. The Kier molecular flexibility index (Phi) is 5.82. The number of aryl methyl sites for hydroxylation is 1. The van der Waals surface area contributed by atoms with Gasteiger partial charge in [-0.05, 0) is 35.6 Å². The summed E-state index contributed by atoms with van der Waals surface area (Å²) >= 11 is 2.25. The molecule has 0 aliphatic carbocycles. The predicted molar refractivity (Wildman–Crippen MR) is 119 cm³/mol. The molecule has 164 valence electrons. The van der Waals surface area contributed by atoms with Crippen LogP contribution in [-0.2, 0) is 23.2 Å². The first-order valence-electron chi connectivity index (χ1n) is 10.1. The minimum atomic E-state index is -1.14. The molecule has 2 aromatic rings. The van der Waals surface area contributed by atoms with Gasteiger partial charge in [-0.3, -0.25) is 4.79 Å². The highest BCUT2D eigenvalue weighted by Crippen LogP contribution is 2.47. The van der Waals surface area contributed by atoms with Crippen molar-refractivity contribution in [2.24, 2.45) is 18.9 Å². The molecule has 1 saturated heterocycles. The van der Waals surface area contributed by atoms with E-state index in [1.165, 1.54) is 4.90 Å². The number of aliphatic hydroxyl groups excluding tert-OH is 1. The van der Waals surface area contributed by atoms with Gasteiger partial charge in [-0.2, -0.15) is 0 Å². The zero-order chi connectivity index (χ0) is 22.4. The second-order valence-electron chi connectivity index (χ2n) is 8.20. The van der Waals surface area contributed by atoms with Gasteiger partial charge in [0.2, 0.25) is 12.2 Å². The van der Waals surface area contributed by atoms with E-state index in [4.69, 9.17) is 4.74 Å². The summed E-state index contributed by atoms with van der Waals surface area (Å²) in [4.78, 5) is 25.7. The minimum absolute atomic E-state index is 0.00889. The molecule has 0 spiro atoms. The molecule has 2 aliphatic heterocycles. The number of hydrogen-bond acceptors (Lipinski definition) is 4. The molecule has 1 amide bonds. The van der Waals surface area contributed by atoms with Crippen molar-refractivity contribution in [1.29, 1.82) is 0 Å². The lowest BCUT2D eigenvalue weighted by Crippen LogP contribution is -2.63. The molecule has 31 heavy (non-hydrogen) atoms. The van der Waals surface area contributed by atoms with Crippen molar-refractivity contribution < 1.29 is 29.1 Å². The molecule has 9 heteroatoms. The lowest BCUT2D eigenvalue weighted by Gasteiger charge is -2.46. The van der Waals surface area contributed by atoms with Gasteiger partial charge in [-0.15, -0.1) is 0 Å². The van der Waals surface area contributed by atoms with Gasteiger partial charge in [0.05, 0.1) is 28.7 Å². The van der Waals surface area contributed by atoms with Crippen molar-refractivity contribution in [3.05, 3.63) is 57.3 Å². The van der Waals surface area contributed by atoms with Gasteiger partial charge in [0.25, 0.3) is 0 Å². The molecular formula is C22H25IN3O5+. The number of amides is 1. The number of ether oxygens (including phenoxy) is 1. The number of benzene rings is 1. The molecule has 4 rings (SSSR count). The molecule has 0 bridgehead atoms. The highest BCUT2D eigenvalue weighted by Gasteiger charge is 2.59. The Morgan fingerprint density at radius 2 is 2.13 bits per heavy atom. The van der Waals surface area contributed by atoms with Crippen LogP contribution in [-0.4, -0.2) is 50.3 Å². The van der Waals surface area contributed by atoms with Crippen LogP contribution in [0.1, 0.15) is 19.4 Å². The molecule has 1 aromatic heterocycles. The van der Waals surface area contributed by atoms with Crippen LogP contribution in [0.25, 0.3) is 0 Å². The first-order valence-corrected chi connectivity index (χ1v) is 11.2. The standard InChI is InChI=1S/C22H24IN3O5/c1-12-15(20(22(29)30)26-19(12)17(13(2)27)21(26)28)10-31-16-6-4-5-14(18(16)23)9-25-8-7-24(3)11-25/h4-8,11-13,17,19,27H,9-10H2,1-3H3/p+1/t12-,13?,17?,19?/m0/s1. The van der Waals surface area contributed by atoms with E-state index in [1.54, 1.807) is 6.92 Å². The van der Waals surface area contributed by atoms with Crippen molar-refractivity contribution in [2.45, 2.75) is 32.5 Å². The molecule has 8 nitrogen and oxygen atoms in total. The van der Waals surface area contributed by atoms with E-state index < -0.39 is 18.0 Å². The van der Waals surface area contributed by atoms with Crippen LogP contribution in [0.15, 0.2) is 48.2 Å². The van der Waals surface area contributed by atoms with E-state index in [1.807, 2.05) is 55.5 Å². The summed E-state index contributed by atoms with van der Waals surface area (Å²) < 4.78 is 11.1. The Morgan fingerprint density at radius 1 is 1.39 bits per heavy atom. The Bertz CT molecular complexity index is 1080. The lowest BCUT2D eigenvalue weighted by molar-refractivity contribution is -0.671. The molecule has 2 aliphatic rings. The van der Waals surface area contributed by atoms with E-state index in [0.717, 1.165) is 9.13 Å². The average molecular weight is 538 g/mol. The molecule has 3 unspecified atom stereocenters. The Labute approximate surface area is 193 Å². The summed E-state index contributed by atoms with van der Waals surface area (Å²) in [6.07, 6.45) is 5.14. The first-order chi connectivity index (χ1) is 14.7. The molecule has 0 saturated carbocycles. The van der Waals surface area contributed by atoms with E-state index in [0.29, 0.717) is 17.9 Å². The van der Waals surface area contributed by atoms with E-state index >= 15 is 0 Å². The monoisotopic (exact) mass is 538 g/mol. The number of nitrogens with zero attached hydrogens (tertiary/aromatic N) is 3. The number of halogens is 1. The van der Waals surface area contributed by atoms with E-state index in [9.17, 15) is 19.8 Å². The van der Waals surface area contributed by atoms with Crippen LogP contribution in [0.4, 0.5) is 0 Å². The second kappa shape index (κ2) is 8.27. The third-order valence-electron chi connectivity index (χ3n) is 6.12. The smallest absolute Gasteiger partial charge is 0.352 e. The second-order valence-corrected chi connectivity index (χ2v) is 9.28. The van der Waals surface area contributed by atoms with Crippen molar-refractivity contribution in [3.63, 3.8) is 0 Å². The fourth-order valence-corrected chi connectivity index (χ4v) is 5.26. The molecule has 3 heterocycles. The largest absolute Gasteiger partial charge is 0.488 e. The number of imidazole rings is 1. The molecule has 1 aromatic carbocycles. The van der Waals surface area contributed by atoms with Gasteiger partial charge in [-0.1, -0.05) is 19.1 Å². The Morgan fingerprint density at radius 3 is 2.74 bits per heavy atom. The number of β-lactam (4-membered cyclic amide) rings is 1. The number of carboxylic acid groups (broad SMARTS) is 1.